The van der Waals surface area contributed by atoms with Crippen molar-refractivity contribution in [1.29, 1.82) is 0 Å². The minimum absolute atomic E-state index is 0.0467. The maximum absolute atomic E-state index is 12.5. The van der Waals surface area contributed by atoms with Gasteiger partial charge in [0.05, 0.1) is 17.3 Å². The van der Waals surface area contributed by atoms with Crippen molar-refractivity contribution in [3.8, 4) is 0 Å². The number of hydrogen-bond acceptors (Lipinski definition) is 7. The van der Waals surface area contributed by atoms with Crippen molar-refractivity contribution in [2.45, 2.75) is 43.7 Å². The number of aryl methyl sites for hydroxylation is 2. The normalized spacial score (nSPS) is 21.1. The Kier molecular flexibility index (Phi) is 5.36. The highest BCUT2D eigenvalue weighted by molar-refractivity contribution is 7.99. The van der Waals surface area contributed by atoms with Gasteiger partial charge in [0.2, 0.25) is 5.89 Å². The van der Waals surface area contributed by atoms with E-state index in [4.69, 9.17) is 4.42 Å². The van der Waals surface area contributed by atoms with Crippen LogP contribution in [0.5, 0.6) is 0 Å². The molecule has 0 radical (unpaired) electrons. The Bertz CT molecular complexity index is 952. The van der Waals surface area contributed by atoms with Gasteiger partial charge in [0.25, 0.3) is 5.22 Å². The number of carbonyl (C=O) groups is 1. The molecule has 2 aliphatic rings. The number of Topliss-reactive ketones (excluding diaryl/α,β-unsaturated/α-hetero) is 1. The Morgan fingerprint density at radius 3 is 2.78 bits per heavy atom. The van der Waals surface area contributed by atoms with Crippen molar-refractivity contribution in [3.05, 3.63) is 40.8 Å². The maximum Gasteiger partial charge on any atom is 0.277 e. The molecule has 1 aromatic heterocycles. The highest BCUT2D eigenvalue weighted by atomic mass is 32.2. The molecular weight excluding hydrogens is 384 g/mol. The van der Waals surface area contributed by atoms with Gasteiger partial charge in [0.1, 0.15) is 0 Å². The minimum atomic E-state index is -2.91. The summed E-state index contributed by atoms with van der Waals surface area (Å²) in [7, 11) is -2.91. The number of rotatable bonds is 6. The molecule has 0 amide bonds. The van der Waals surface area contributed by atoms with Crippen molar-refractivity contribution in [2.75, 3.05) is 17.3 Å². The van der Waals surface area contributed by atoms with E-state index in [1.165, 1.54) is 35.7 Å². The molecule has 2 heterocycles. The summed E-state index contributed by atoms with van der Waals surface area (Å²) in [6.45, 7) is 0. The van der Waals surface area contributed by atoms with E-state index in [0.717, 1.165) is 18.4 Å². The third-order valence-corrected chi connectivity index (χ3v) is 7.89. The van der Waals surface area contributed by atoms with E-state index >= 15 is 0 Å². The third-order valence-electron chi connectivity index (χ3n) is 5.24. The van der Waals surface area contributed by atoms with Gasteiger partial charge in [-0.15, -0.1) is 10.2 Å². The van der Waals surface area contributed by atoms with Crippen LogP contribution in [-0.2, 0) is 29.1 Å². The van der Waals surface area contributed by atoms with Crippen molar-refractivity contribution < 1.29 is 17.6 Å². The fourth-order valence-electron chi connectivity index (χ4n) is 3.78. The zero-order chi connectivity index (χ0) is 18.9. The van der Waals surface area contributed by atoms with E-state index in [1.54, 1.807) is 0 Å². The molecule has 8 heteroatoms. The topological polar surface area (TPSA) is 90.1 Å². The summed E-state index contributed by atoms with van der Waals surface area (Å²) in [6.07, 6.45) is 5.68. The highest BCUT2D eigenvalue weighted by Crippen LogP contribution is 2.26. The zero-order valence-electron chi connectivity index (χ0n) is 15.0. The minimum Gasteiger partial charge on any atom is -0.416 e. The van der Waals surface area contributed by atoms with Gasteiger partial charge in [-0.3, -0.25) is 4.79 Å². The highest BCUT2D eigenvalue weighted by Gasteiger charge is 2.29. The number of aromatic nitrogens is 2. The largest absolute Gasteiger partial charge is 0.416 e. The monoisotopic (exact) mass is 406 g/mol. The standard InChI is InChI=1S/C19H22N2O4S2/c22-17(16-6-5-14-3-1-2-4-15(14)10-16)11-26-19-21-20-18(25-19)9-13-7-8-27(23,24)12-13/h5-6,10,13H,1-4,7-9,11-12H2. The summed E-state index contributed by atoms with van der Waals surface area (Å²) in [6, 6.07) is 6.01. The van der Waals surface area contributed by atoms with Crippen LogP contribution in [0.25, 0.3) is 0 Å². The number of hydrogen-bond donors (Lipinski definition) is 0. The van der Waals surface area contributed by atoms with E-state index in [0.29, 0.717) is 24.0 Å². The van der Waals surface area contributed by atoms with E-state index in [1.807, 2.05) is 12.1 Å². The van der Waals surface area contributed by atoms with Gasteiger partial charge in [-0.25, -0.2) is 8.42 Å². The van der Waals surface area contributed by atoms with Gasteiger partial charge < -0.3 is 4.42 Å². The summed E-state index contributed by atoms with van der Waals surface area (Å²) < 4.78 is 28.6. The summed E-state index contributed by atoms with van der Waals surface area (Å²) in [5, 5.41) is 8.33. The lowest BCUT2D eigenvalue weighted by atomic mass is 9.90. The Balaban J connectivity index is 1.32. The second-order valence-electron chi connectivity index (χ2n) is 7.34. The Morgan fingerprint density at radius 1 is 1.19 bits per heavy atom. The van der Waals surface area contributed by atoms with E-state index in [-0.39, 0.29) is 29.0 Å². The number of ketones is 1. The number of carbonyl (C=O) groups excluding carboxylic acids is 1. The molecule has 0 bridgehead atoms. The lowest BCUT2D eigenvalue weighted by molar-refractivity contribution is 0.102. The summed E-state index contributed by atoms with van der Waals surface area (Å²) in [5.74, 6) is 1.22. The smallest absolute Gasteiger partial charge is 0.277 e. The SMILES string of the molecule is O=C(CSc1nnc(CC2CCS(=O)(=O)C2)o1)c1ccc2c(c1)CCCC2. The van der Waals surface area contributed by atoms with Crippen LogP contribution < -0.4 is 0 Å². The Labute approximate surface area is 163 Å². The van der Waals surface area contributed by atoms with Crippen LogP contribution in [0.4, 0.5) is 0 Å². The molecular formula is C19H22N2O4S2. The zero-order valence-corrected chi connectivity index (χ0v) is 16.7. The van der Waals surface area contributed by atoms with E-state index in [2.05, 4.69) is 16.3 Å². The van der Waals surface area contributed by atoms with Crippen LogP contribution in [0.1, 0.15) is 46.6 Å². The lowest BCUT2D eigenvalue weighted by Crippen LogP contribution is -2.07. The van der Waals surface area contributed by atoms with Crippen LogP contribution in [-0.4, -0.2) is 41.7 Å². The summed E-state index contributed by atoms with van der Waals surface area (Å²) in [5.41, 5.74) is 3.39. The molecule has 1 saturated heterocycles. The van der Waals surface area contributed by atoms with Crippen molar-refractivity contribution in [3.63, 3.8) is 0 Å². The summed E-state index contributed by atoms with van der Waals surface area (Å²) >= 11 is 1.23. The second-order valence-corrected chi connectivity index (χ2v) is 10.5. The second kappa shape index (κ2) is 7.75. The first-order chi connectivity index (χ1) is 13.0. The van der Waals surface area contributed by atoms with Crippen LogP contribution in [0.3, 0.4) is 0 Å². The first-order valence-corrected chi connectivity index (χ1v) is 12.1. The number of benzene rings is 1. The molecule has 1 fully saturated rings. The molecule has 6 nitrogen and oxygen atoms in total. The average molecular weight is 407 g/mol. The Hall–Kier alpha value is -1.67. The van der Waals surface area contributed by atoms with Crippen molar-refractivity contribution in [1.82, 2.24) is 10.2 Å². The van der Waals surface area contributed by atoms with Crippen molar-refractivity contribution >= 4 is 27.4 Å². The number of fused-ring (bicyclic) bond motifs is 1. The first-order valence-electron chi connectivity index (χ1n) is 9.29. The molecule has 0 N–H and O–H groups in total. The van der Waals surface area contributed by atoms with Crippen LogP contribution >= 0.6 is 11.8 Å². The number of nitrogens with zero attached hydrogens (tertiary/aromatic N) is 2. The fourth-order valence-corrected chi connectivity index (χ4v) is 6.31. The van der Waals surface area contributed by atoms with Gasteiger partial charge in [-0.2, -0.15) is 0 Å². The van der Waals surface area contributed by atoms with E-state index < -0.39 is 9.84 Å². The van der Waals surface area contributed by atoms with Crippen LogP contribution in [0.2, 0.25) is 0 Å². The molecule has 144 valence electrons. The summed E-state index contributed by atoms with van der Waals surface area (Å²) in [4.78, 5) is 12.5. The molecule has 27 heavy (non-hydrogen) atoms. The Morgan fingerprint density at radius 2 is 2.00 bits per heavy atom. The third kappa shape index (κ3) is 4.60. The van der Waals surface area contributed by atoms with Gasteiger partial charge in [-0.05, 0) is 55.2 Å². The molecule has 0 spiro atoms. The molecule has 4 rings (SSSR count). The van der Waals surface area contributed by atoms with Gasteiger partial charge >= 0.3 is 0 Å². The van der Waals surface area contributed by atoms with Gasteiger partial charge in [0.15, 0.2) is 15.6 Å². The number of thioether (sulfide) groups is 1. The molecule has 1 aliphatic carbocycles. The molecule has 1 aliphatic heterocycles. The number of sulfone groups is 1. The maximum atomic E-state index is 12.5. The van der Waals surface area contributed by atoms with E-state index in [9.17, 15) is 13.2 Å². The van der Waals surface area contributed by atoms with Crippen LogP contribution in [0.15, 0.2) is 27.8 Å². The predicted octanol–water partition coefficient (Wildman–Crippen LogP) is 2.90. The van der Waals surface area contributed by atoms with Crippen LogP contribution in [0, 0.1) is 5.92 Å². The average Bonchev–Trinajstić information content (AvgIpc) is 3.25. The first kappa shape index (κ1) is 18.7. The molecule has 2 aromatic rings. The fraction of sp³-hybridized carbons (Fsp3) is 0.526. The van der Waals surface area contributed by atoms with Gasteiger partial charge in [0, 0.05) is 12.0 Å². The molecule has 1 atom stereocenters. The molecule has 0 saturated carbocycles. The van der Waals surface area contributed by atoms with Gasteiger partial charge in [-0.1, -0.05) is 23.9 Å². The lowest BCUT2D eigenvalue weighted by Gasteiger charge is -2.16. The van der Waals surface area contributed by atoms with Crippen molar-refractivity contribution in [2.24, 2.45) is 5.92 Å². The quantitative estimate of drug-likeness (QED) is 0.538. The molecule has 1 aromatic carbocycles. The molecule has 1 unspecified atom stereocenters. The predicted molar refractivity (Wildman–Crippen MR) is 103 cm³/mol.